The van der Waals surface area contributed by atoms with E-state index in [0.717, 1.165) is 38.4 Å². The van der Waals surface area contributed by atoms with Crippen molar-refractivity contribution in [1.29, 1.82) is 0 Å². The van der Waals surface area contributed by atoms with E-state index in [1.807, 2.05) is 0 Å². The Morgan fingerprint density at radius 3 is 2.39 bits per heavy atom. The SMILES string of the molecule is CN(C)C1(c2ccccc2)CCC2(CC1)CN(CC(=O)Cc1ccc(F)cn1)C(=O)N2CC1CCC1. The number of rotatable bonds is 8. The highest BCUT2D eigenvalue weighted by Gasteiger charge is 2.55. The number of carbonyl (C=O) groups excluding carboxylic acids is 2. The molecule has 2 aromatic rings. The minimum Gasteiger partial charge on any atom is -0.317 e. The molecule has 36 heavy (non-hydrogen) atoms. The first-order chi connectivity index (χ1) is 17.3. The number of aromatic nitrogens is 1. The van der Waals surface area contributed by atoms with Crippen LogP contribution in [0.4, 0.5) is 9.18 Å². The van der Waals surface area contributed by atoms with Gasteiger partial charge in [-0.3, -0.25) is 14.7 Å². The fraction of sp³-hybridized carbons (Fsp3) is 0.552. The van der Waals surface area contributed by atoms with Crippen molar-refractivity contribution in [3.8, 4) is 0 Å². The summed E-state index contributed by atoms with van der Waals surface area (Å²) in [5.74, 6) is 0.0847. The molecule has 2 saturated carbocycles. The molecule has 1 spiro atoms. The number of nitrogens with zero attached hydrogens (tertiary/aromatic N) is 4. The Labute approximate surface area is 213 Å². The van der Waals surface area contributed by atoms with Gasteiger partial charge in [-0.1, -0.05) is 36.8 Å². The number of pyridine rings is 1. The molecule has 192 valence electrons. The van der Waals surface area contributed by atoms with Gasteiger partial charge in [0.05, 0.1) is 24.7 Å². The summed E-state index contributed by atoms with van der Waals surface area (Å²) >= 11 is 0. The molecule has 5 rings (SSSR count). The van der Waals surface area contributed by atoms with E-state index < -0.39 is 5.82 Å². The molecule has 0 atom stereocenters. The van der Waals surface area contributed by atoms with Gasteiger partial charge in [-0.05, 0) is 76.2 Å². The molecule has 1 saturated heterocycles. The molecule has 3 aliphatic rings. The van der Waals surface area contributed by atoms with E-state index in [9.17, 15) is 14.0 Å². The first-order valence-electron chi connectivity index (χ1n) is 13.2. The van der Waals surface area contributed by atoms with Crippen LogP contribution < -0.4 is 0 Å². The molecular formula is C29H37FN4O2. The third-order valence-electron chi connectivity index (χ3n) is 8.93. The molecule has 0 N–H and O–H groups in total. The van der Waals surface area contributed by atoms with Gasteiger partial charge in [0.1, 0.15) is 5.82 Å². The molecule has 7 heteroatoms. The molecule has 0 unspecified atom stereocenters. The van der Waals surface area contributed by atoms with E-state index in [4.69, 9.17) is 0 Å². The third kappa shape index (κ3) is 4.65. The van der Waals surface area contributed by atoms with E-state index in [-0.39, 0.29) is 35.9 Å². The smallest absolute Gasteiger partial charge is 0.317 e. The van der Waals surface area contributed by atoms with Crippen LogP contribution in [-0.4, -0.2) is 70.8 Å². The molecule has 3 fully saturated rings. The number of benzene rings is 1. The second-order valence-corrected chi connectivity index (χ2v) is 11.2. The Hall–Kier alpha value is -2.80. The van der Waals surface area contributed by atoms with Gasteiger partial charge in [0, 0.05) is 24.3 Å². The van der Waals surface area contributed by atoms with Crippen molar-refractivity contribution in [3.63, 3.8) is 0 Å². The molecule has 2 heterocycles. The average Bonchev–Trinajstić information content (AvgIpc) is 3.08. The molecule has 2 amide bonds. The first kappa shape index (κ1) is 24.9. The van der Waals surface area contributed by atoms with Crippen molar-refractivity contribution in [1.82, 2.24) is 19.7 Å². The predicted molar refractivity (Wildman–Crippen MR) is 137 cm³/mol. The highest BCUT2D eigenvalue weighted by Crippen LogP contribution is 2.49. The standard InChI is InChI=1S/C29H37FN4O2/c1-32(2)29(23-9-4-3-5-10-23)15-13-28(14-16-29)21-33(27(36)34(28)19-22-7-6-8-22)20-26(35)17-25-12-11-24(30)18-31-25/h3-5,9-12,18,22H,6-8,13-17,19-21H2,1-2H3. The summed E-state index contributed by atoms with van der Waals surface area (Å²) in [6.45, 7) is 1.47. The Morgan fingerprint density at radius 1 is 1.08 bits per heavy atom. The van der Waals surface area contributed by atoms with Crippen LogP contribution in [0.15, 0.2) is 48.7 Å². The number of halogens is 1. The maximum Gasteiger partial charge on any atom is 0.321 e. The van der Waals surface area contributed by atoms with Crippen molar-refractivity contribution in [2.75, 3.05) is 33.7 Å². The minimum absolute atomic E-state index is 0.000575. The molecule has 1 aromatic heterocycles. The molecule has 6 nitrogen and oxygen atoms in total. The van der Waals surface area contributed by atoms with Crippen LogP contribution >= 0.6 is 0 Å². The van der Waals surface area contributed by atoms with Crippen LogP contribution in [-0.2, 0) is 16.8 Å². The highest BCUT2D eigenvalue weighted by molar-refractivity contribution is 5.88. The van der Waals surface area contributed by atoms with Gasteiger partial charge >= 0.3 is 6.03 Å². The lowest BCUT2D eigenvalue weighted by atomic mass is 9.68. The van der Waals surface area contributed by atoms with Gasteiger partial charge in [-0.25, -0.2) is 9.18 Å². The van der Waals surface area contributed by atoms with Gasteiger partial charge in [0.15, 0.2) is 5.78 Å². The van der Waals surface area contributed by atoms with Gasteiger partial charge in [-0.2, -0.15) is 0 Å². The number of urea groups is 1. The van der Waals surface area contributed by atoms with Crippen LogP contribution in [0.25, 0.3) is 0 Å². The quantitative estimate of drug-likeness (QED) is 0.539. The normalized spacial score (nSPS) is 26.6. The average molecular weight is 493 g/mol. The number of hydrogen-bond acceptors (Lipinski definition) is 4. The lowest BCUT2D eigenvalue weighted by molar-refractivity contribution is -0.119. The number of carbonyl (C=O) groups is 2. The van der Waals surface area contributed by atoms with Crippen LogP contribution in [0, 0.1) is 11.7 Å². The second kappa shape index (κ2) is 9.92. The lowest BCUT2D eigenvalue weighted by Crippen LogP contribution is -2.56. The summed E-state index contributed by atoms with van der Waals surface area (Å²) < 4.78 is 13.2. The zero-order chi connectivity index (χ0) is 25.3. The fourth-order valence-corrected chi connectivity index (χ4v) is 6.49. The van der Waals surface area contributed by atoms with Crippen LogP contribution in [0.5, 0.6) is 0 Å². The molecule has 2 aliphatic carbocycles. The zero-order valence-corrected chi connectivity index (χ0v) is 21.5. The number of hydrogen-bond donors (Lipinski definition) is 0. The predicted octanol–water partition coefficient (Wildman–Crippen LogP) is 4.64. The topological polar surface area (TPSA) is 56.8 Å². The van der Waals surface area contributed by atoms with E-state index >= 15 is 0 Å². The van der Waals surface area contributed by atoms with Crippen molar-refractivity contribution in [2.45, 2.75) is 62.4 Å². The monoisotopic (exact) mass is 492 g/mol. The zero-order valence-electron chi connectivity index (χ0n) is 21.5. The Kier molecular flexibility index (Phi) is 6.86. The molecule has 0 radical (unpaired) electrons. The van der Waals surface area contributed by atoms with Crippen molar-refractivity contribution in [2.24, 2.45) is 5.92 Å². The molecular weight excluding hydrogens is 455 g/mol. The van der Waals surface area contributed by atoms with Gasteiger partial charge < -0.3 is 9.80 Å². The van der Waals surface area contributed by atoms with Crippen molar-refractivity contribution in [3.05, 3.63) is 65.7 Å². The van der Waals surface area contributed by atoms with Crippen LogP contribution in [0.3, 0.4) is 0 Å². The largest absolute Gasteiger partial charge is 0.321 e. The van der Waals surface area contributed by atoms with Crippen LogP contribution in [0.2, 0.25) is 0 Å². The Bertz CT molecular complexity index is 1080. The highest BCUT2D eigenvalue weighted by atomic mass is 19.1. The number of Topliss-reactive ketones (excluding diaryl/α,β-unsaturated/α-hetero) is 1. The molecule has 0 bridgehead atoms. The maximum atomic E-state index is 13.7. The van der Waals surface area contributed by atoms with Gasteiger partial charge in [0.2, 0.25) is 0 Å². The first-order valence-corrected chi connectivity index (χ1v) is 13.2. The van der Waals surface area contributed by atoms with Crippen LogP contribution in [0.1, 0.15) is 56.2 Å². The second-order valence-electron chi connectivity index (χ2n) is 11.2. The summed E-state index contributed by atoms with van der Waals surface area (Å²) in [7, 11) is 4.32. The third-order valence-corrected chi connectivity index (χ3v) is 8.93. The number of amides is 2. The van der Waals surface area contributed by atoms with Gasteiger partial charge in [-0.15, -0.1) is 0 Å². The van der Waals surface area contributed by atoms with Crippen molar-refractivity contribution >= 4 is 11.8 Å². The Morgan fingerprint density at radius 2 is 1.81 bits per heavy atom. The molecule has 1 aliphatic heterocycles. The fourth-order valence-electron chi connectivity index (χ4n) is 6.49. The summed E-state index contributed by atoms with van der Waals surface area (Å²) in [5, 5.41) is 0. The lowest BCUT2D eigenvalue weighted by Gasteiger charge is -2.51. The molecule has 1 aromatic carbocycles. The maximum absolute atomic E-state index is 13.7. The van der Waals surface area contributed by atoms with E-state index in [1.165, 1.54) is 37.0 Å². The van der Waals surface area contributed by atoms with E-state index in [1.54, 1.807) is 4.90 Å². The van der Waals surface area contributed by atoms with Crippen molar-refractivity contribution < 1.29 is 14.0 Å². The summed E-state index contributed by atoms with van der Waals surface area (Å²) in [6, 6.07) is 13.6. The summed E-state index contributed by atoms with van der Waals surface area (Å²) in [6.07, 6.45) is 8.62. The van der Waals surface area contributed by atoms with Gasteiger partial charge in [0.25, 0.3) is 0 Å². The summed E-state index contributed by atoms with van der Waals surface area (Å²) in [4.78, 5) is 36.8. The summed E-state index contributed by atoms with van der Waals surface area (Å²) in [5.41, 5.74) is 1.59. The minimum atomic E-state index is -0.420. The van der Waals surface area contributed by atoms with E-state index in [2.05, 4.69) is 59.2 Å². The Balaban J connectivity index is 1.33. The number of ketones is 1. The van der Waals surface area contributed by atoms with E-state index in [0.29, 0.717) is 18.2 Å².